The number of rotatable bonds is 0. The molecule has 0 fully saturated rings. The van der Waals surface area contributed by atoms with E-state index in [9.17, 15) is 0 Å². The Bertz CT molecular complexity index is 33.7. The summed E-state index contributed by atoms with van der Waals surface area (Å²) in [4.78, 5) is 0. The highest BCUT2D eigenvalue weighted by molar-refractivity contribution is 4.56. The Morgan fingerprint density at radius 2 is 1.50 bits per heavy atom. The highest BCUT2D eigenvalue weighted by atomic mass is 16.5. The van der Waals surface area contributed by atoms with Crippen LogP contribution in [0.2, 0.25) is 0 Å². The van der Waals surface area contributed by atoms with Gasteiger partial charge in [0.05, 0.1) is 12.7 Å². The van der Waals surface area contributed by atoms with Crippen LogP contribution < -0.4 is 0 Å². The van der Waals surface area contributed by atoms with Crippen molar-refractivity contribution in [2.24, 2.45) is 0 Å². The molecule has 0 unspecified atom stereocenters. The molecule has 1 nitrogen and oxygen atoms in total. The van der Waals surface area contributed by atoms with Gasteiger partial charge in [0, 0.05) is 0 Å². The normalized spacial score (nSPS) is 12.0. The molecule has 6 heavy (non-hydrogen) atoms. The smallest absolute Gasteiger partial charge is 0.0707 e. The molecule has 0 spiro atoms. The number of hydrogen-bond acceptors (Lipinski definition) is 1. The van der Waals surface area contributed by atoms with Gasteiger partial charge in [0.2, 0.25) is 0 Å². The molecule has 1 heteroatoms. The van der Waals surface area contributed by atoms with E-state index in [0.29, 0.717) is 0 Å². The first-order valence-corrected chi connectivity index (χ1v) is 1.99. The van der Waals surface area contributed by atoms with Gasteiger partial charge in [0.15, 0.2) is 0 Å². The van der Waals surface area contributed by atoms with Crippen LogP contribution in [-0.4, -0.2) is 5.60 Å². The second kappa shape index (κ2) is 1.61. The first-order chi connectivity index (χ1) is 2.56. The third-order valence-electron chi connectivity index (χ3n) is 0.433. The summed E-state index contributed by atoms with van der Waals surface area (Å²) in [6.07, 6.45) is 0. The molecule has 0 rings (SSSR count). The maximum atomic E-state index is 4.69. The van der Waals surface area contributed by atoms with E-state index in [2.05, 4.69) is 11.8 Å². The minimum Gasteiger partial charge on any atom is -0.373 e. The monoisotopic (exact) mass is 87.1 g/mol. The third kappa shape index (κ3) is 3.96. The SMILES string of the molecule is [CH2]OC(C)(C)C. The highest BCUT2D eigenvalue weighted by Gasteiger charge is 2.04. The molecule has 0 aliphatic heterocycles. The van der Waals surface area contributed by atoms with Crippen molar-refractivity contribution in [1.29, 1.82) is 0 Å². The fraction of sp³-hybridized carbons (Fsp3) is 0.800. The first-order valence-electron chi connectivity index (χ1n) is 1.99. The lowest BCUT2D eigenvalue weighted by atomic mass is 10.2. The van der Waals surface area contributed by atoms with Crippen molar-refractivity contribution in [2.45, 2.75) is 26.4 Å². The Balaban J connectivity index is 3.17. The molecule has 0 atom stereocenters. The largest absolute Gasteiger partial charge is 0.373 e. The minimum atomic E-state index is -0.0694. The molecule has 0 aliphatic carbocycles. The summed E-state index contributed by atoms with van der Waals surface area (Å²) in [6.45, 7) is 5.88. The lowest BCUT2D eigenvalue weighted by molar-refractivity contribution is 0.0709. The lowest BCUT2D eigenvalue weighted by Crippen LogP contribution is -2.14. The quantitative estimate of drug-likeness (QED) is 0.436. The zero-order valence-electron chi connectivity index (χ0n) is 4.62. The molecular formula is C5H11O. The van der Waals surface area contributed by atoms with Gasteiger partial charge in [-0.1, -0.05) is 0 Å². The Hall–Kier alpha value is -0.0400. The van der Waals surface area contributed by atoms with Crippen LogP contribution in [0.1, 0.15) is 20.8 Å². The Labute approximate surface area is 39.3 Å². The summed E-state index contributed by atoms with van der Waals surface area (Å²) in [5.74, 6) is 0. The van der Waals surface area contributed by atoms with E-state index >= 15 is 0 Å². The number of hydrogen-bond donors (Lipinski definition) is 0. The van der Waals surface area contributed by atoms with Crippen LogP contribution in [-0.2, 0) is 4.74 Å². The van der Waals surface area contributed by atoms with E-state index in [4.69, 9.17) is 0 Å². The average molecular weight is 87.1 g/mol. The van der Waals surface area contributed by atoms with Crippen LogP contribution in [0, 0.1) is 7.11 Å². The van der Waals surface area contributed by atoms with Gasteiger partial charge in [-0.15, -0.1) is 0 Å². The molecule has 0 heterocycles. The zero-order chi connectivity index (χ0) is 5.21. The van der Waals surface area contributed by atoms with Gasteiger partial charge < -0.3 is 4.74 Å². The van der Waals surface area contributed by atoms with Crippen molar-refractivity contribution < 1.29 is 4.74 Å². The van der Waals surface area contributed by atoms with Gasteiger partial charge >= 0.3 is 0 Å². The lowest BCUT2D eigenvalue weighted by Gasteiger charge is -2.13. The molecule has 0 aromatic heterocycles. The second-order valence-corrected chi connectivity index (χ2v) is 2.26. The molecule has 0 bridgehead atoms. The predicted molar refractivity (Wildman–Crippen MR) is 26.2 cm³/mol. The van der Waals surface area contributed by atoms with Crippen molar-refractivity contribution >= 4 is 0 Å². The van der Waals surface area contributed by atoms with Crippen molar-refractivity contribution in [2.75, 3.05) is 0 Å². The summed E-state index contributed by atoms with van der Waals surface area (Å²) in [7, 11) is 3.26. The second-order valence-electron chi connectivity index (χ2n) is 2.26. The van der Waals surface area contributed by atoms with E-state index in [1.54, 1.807) is 0 Å². The molecule has 0 aromatic rings. The van der Waals surface area contributed by atoms with Crippen LogP contribution in [0.3, 0.4) is 0 Å². The predicted octanol–water partition coefficient (Wildman–Crippen LogP) is 1.59. The minimum absolute atomic E-state index is 0.0694. The molecule has 0 amide bonds. The molecule has 1 radical (unpaired) electrons. The summed E-state index contributed by atoms with van der Waals surface area (Å²) >= 11 is 0. The molecular weight excluding hydrogens is 76.1 g/mol. The van der Waals surface area contributed by atoms with E-state index in [-0.39, 0.29) is 5.60 Å². The van der Waals surface area contributed by atoms with E-state index in [0.717, 1.165) is 0 Å². The molecule has 0 saturated heterocycles. The van der Waals surface area contributed by atoms with Crippen LogP contribution in [0.4, 0.5) is 0 Å². The van der Waals surface area contributed by atoms with Crippen LogP contribution in [0.15, 0.2) is 0 Å². The summed E-state index contributed by atoms with van der Waals surface area (Å²) in [5.41, 5.74) is -0.0694. The Morgan fingerprint density at radius 1 is 1.33 bits per heavy atom. The maximum absolute atomic E-state index is 4.69. The van der Waals surface area contributed by atoms with E-state index < -0.39 is 0 Å². The molecule has 0 N–H and O–H groups in total. The number of ether oxygens (including phenoxy) is 1. The van der Waals surface area contributed by atoms with Gasteiger partial charge in [0.25, 0.3) is 0 Å². The fourth-order valence-corrected chi connectivity index (χ4v) is 0. The maximum Gasteiger partial charge on any atom is 0.0707 e. The van der Waals surface area contributed by atoms with Crippen molar-refractivity contribution in [1.82, 2.24) is 0 Å². The zero-order valence-corrected chi connectivity index (χ0v) is 4.62. The topological polar surface area (TPSA) is 9.23 Å². The van der Waals surface area contributed by atoms with Crippen molar-refractivity contribution in [3.63, 3.8) is 0 Å². The summed E-state index contributed by atoms with van der Waals surface area (Å²) < 4.78 is 4.69. The summed E-state index contributed by atoms with van der Waals surface area (Å²) in [5, 5.41) is 0. The fourth-order valence-electron chi connectivity index (χ4n) is 0. The molecule has 0 saturated carbocycles. The van der Waals surface area contributed by atoms with Crippen LogP contribution >= 0.6 is 0 Å². The van der Waals surface area contributed by atoms with E-state index in [1.807, 2.05) is 20.8 Å². The molecule has 0 aliphatic rings. The van der Waals surface area contributed by atoms with Gasteiger partial charge in [-0.05, 0) is 20.8 Å². The average Bonchev–Trinajstić information content (AvgIpc) is 1.35. The molecule has 37 valence electrons. The first kappa shape index (κ1) is 5.96. The van der Waals surface area contributed by atoms with Gasteiger partial charge in [-0.25, -0.2) is 0 Å². The third-order valence-corrected chi connectivity index (χ3v) is 0.433. The van der Waals surface area contributed by atoms with Gasteiger partial charge in [0.1, 0.15) is 0 Å². The Kier molecular flexibility index (Phi) is 1.59. The standard InChI is InChI=1S/C5H11O/c1-5(2,3)6-4/h4H2,1-3H3. The molecule has 0 aromatic carbocycles. The Morgan fingerprint density at radius 3 is 1.50 bits per heavy atom. The van der Waals surface area contributed by atoms with Crippen LogP contribution in [0.5, 0.6) is 0 Å². The van der Waals surface area contributed by atoms with Crippen molar-refractivity contribution in [3.8, 4) is 0 Å². The van der Waals surface area contributed by atoms with E-state index in [1.165, 1.54) is 0 Å². The van der Waals surface area contributed by atoms with Crippen LogP contribution in [0.25, 0.3) is 0 Å². The van der Waals surface area contributed by atoms with Gasteiger partial charge in [-0.2, -0.15) is 0 Å². The van der Waals surface area contributed by atoms with Gasteiger partial charge in [-0.3, -0.25) is 0 Å². The summed E-state index contributed by atoms with van der Waals surface area (Å²) in [6, 6.07) is 0. The van der Waals surface area contributed by atoms with Crippen molar-refractivity contribution in [3.05, 3.63) is 7.11 Å². The highest BCUT2D eigenvalue weighted by Crippen LogP contribution is 2.03.